The molecule has 1 saturated heterocycles. The fraction of sp³-hybridized carbons (Fsp3) is 0.860. The summed E-state index contributed by atoms with van der Waals surface area (Å²) in [5, 5.41) is 40.0. The molecule has 1 fully saturated rings. The molecular formula is C43H78O10. The lowest BCUT2D eigenvalue weighted by Crippen LogP contribution is -2.59. The highest BCUT2D eigenvalue weighted by Crippen LogP contribution is 2.22. The van der Waals surface area contributed by atoms with Crippen molar-refractivity contribution in [2.45, 2.75) is 218 Å². The number of hydrogen-bond donors (Lipinski definition) is 4. The number of rotatable bonds is 35. The van der Waals surface area contributed by atoms with E-state index in [1.54, 1.807) is 0 Å². The molecule has 10 heteroatoms. The number of unbranched alkanes of at least 4 members (excludes halogenated alkanes) is 20. The molecule has 53 heavy (non-hydrogen) atoms. The molecule has 1 aliphatic rings. The third kappa shape index (κ3) is 26.6. The summed E-state index contributed by atoms with van der Waals surface area (Å²) in [4.78, 5) is 25.2. The van der Waals surface area contributed by atoms with Crippen molar-refractivity contribution < 1.29 is 49.0 Å². The Morgan fingerprint density at radius 1 is 0.566 bits per heavy atom. The zero-order chi connectivity index (χ0) is 38.8. The highest BCUT2D eigenvalue weighted by molar-refractivity contribution is 5.70. The van der Waals surface area contributed by atoms with Gasteiger partial charge in [-0.15, -0.1) is 0 Å². The number of carbonyl (C=O) groups excluding carboxylic acids is 2. The monoisotopic (exact) mass is 755 g/mol. The molecule has 1 heterocycles. The van der Waals surface area contributed by atoms with Crippen molar-refractivity contribution in [3.05, 3.63) is 24.3 Å². The van der Waals surface area contributed by atoms with Gasteiger partial charge in [0.15, 0.2) is 12.4 Å². The summed E-state index contributed by atoms with van der Waals surface area (Å²) in [6, 6.07) is 0. The van der Waals surface area contributed by atoms with Crippen LogP contribution in [0.3, 0.4) is 0 Å². The van der Waals surface area contributed by atoms with E-state index in [4.69, 9.17) is 18.9 Å². The van der Waals surface area contributed by atoms with Crippen LogP contribution in [0.15, 0.2) is 24.3 Å². The van der Waals surface area contributed by atoms with E-state index in [9.17, 15) is 30.0 Å². The minimum atomic E-state index is -1.60. The molecule has 0 saturated carbocycles. The van der Waals surface area contributed by atoms with Gasteiger partial charge in [-0.05, 0) is 64.2 Å². The lowest BCUT2D eigenvalue weighted by Gasteiger charge is -2.39. The van der Waals surface area contributed by atoms with Crippen LogP contribution in [-0.4, -0.2) is 89.0 Å². The van der Waals surface area contributed by atoms with E-state index in [0.29, 0.717) is 12.8 Å². The summed E-state index contributed by atoms with van der Waals surface area (Å²) < 4.78 is 22.1. The molecule has 1 aliphatic heterocycles. The quantitative estimate of drug-likeness (QED) is 0.0281. The first-order valence-corrected chi connectivity index (χ1v) is 21.4. The molecule has 0 spiro atoms. The van der Waals surface area contributed by atoms with Gasteiger partial charge in [0.05, 0.1) is 13.2 Å². The third-order valence-electron chi connectivity index (χ3n) is 9.81. The molecule has 0 aromatic heterocycles. The molecular weight excluding hydrogens is 676 g/mol. The smallest absolute Gasteiger partial charge is 0.306 e. The van der Waals surface area contributed by atoms with Crippen LogP contribution in [0.2, 0.25) is 0 Å². The summed E-state index contributed by atoms with van der Waals surface area (Å²) in [6.07, 6.45) is 29.0. The maximum atomic E-state index is 12.7. The van der Waals surface area contributed by atoms with Gasteiger partial charge in [0.2, 0.25) is 0 Å². The Bertz CT molecular complexity index is 923. The lowest BCUT2D eigenvalue weighted by molar-refractivity contribution is -0.305. The number of aliphatic hydroxyl groups is 4. The predicted molar refractivity (Wildman–Crippen MR) is 210 cm³/mol. The second kappa shape index (κ2) is 34.7. The Morgan fingerprint density at radius 3 is 1.49 bits per heavy atom. The minimum absolute atomic E-state index is 0.209. The van der Waals surface area contributed by atoms with E-state index < -0.39 is 49.4 Å². The van der Waals surface area contributed by atoms with Gasteiger partial charge in [-0.1, -0.05) is 128 Å². The molecule has 6 atom stereocenters. The Labute approximate surface area is 322 Å². The number of hydrogen-bond acceptors (Lipinski definition) is 10. The first-order chi connectivity index (χ1) is 25.8. The second-order valence-corrected chi connectivity index (χ2v) is 14.8. The normalized spacial score (nSPS) is 21.1. The van der Waals surface area contributed by atoms with Crippen molar-refractivity contribution in [3.8, 4) is 0 Å². The minimum Gasteiger partial charge on any atom is -0.462 e. The standard InChI is InChI=1S/C43H78O10/c1-3-5-7-9-11-13-15-17-18-20-21-23-25-27-29-31-38(45)50-34-36(35-51-43-42(49)41(48)40(47)37(33-44)53-43)52-39(46)32-30-28-26-24-22-19-16-14-12-10-8-6-4-2/h17-19,22,36-37,40-44,47-49H,3-16,20-21,23-35H2,1-2H3/b18-17-,22-19-/t36-,37-,40+,41+,42-,43-/m1/s1. The average Bonchev–Trinajstić information content (AvgIpc) is 3.15. The maximum absolute atomic E-state index is 12.7. The summed E-state index contributed by atoms with van der Waals surface area (Å²) in [5.74, 6) is -0.833. The first kappa shape index (κ1) is 49.2. The van der Waals surface area contributed by atoms with E-state index in [-0.39, 0.29) is 32.0 Å². The molecule has 0 aromatic rings. The van der Waals surface area contributed by atoms with Crippen molar-refractivity contribution in [2.24, 2.45) is 0 Å². The topological polar surface area (TPSA) is 152 Å². The lowest BCUT2D eigenvalue weighted by atomic mass is 9.99. The zero-order valence-corrected chi connectivity index (χ0v) is 33.5. The van der Waals surface area contributed by atoms with Gasteiger partial charge in [0.25, 0.3) is 0 Å². The second-order valence-electron chi connectivity index (χ2n) is 14.8. The number of esters is 2. The highest BCUT2D eigenvalue weighted by atomic mass is 16.7. The first-order valence-electron chi connectivity index (χ1n) is 21.4. The van der Waals surface area contributed by atoms with Crippen LogP contribution < -0.4 is 0 Å². The van der Waals surface area contributed by atoms with Gasteiger partial charge in [-0.3, -0.25) is 9.59 Å². The Hall–Kier alpha value is -1.82. The van der Waals surface area contributed by atoms with Crippen molar-refractivity contribution in [1.29, 1.82) is 0 Å². The zero-order valence-electron chi connectivity index (χ0n) is 33.5. The molecule has 0 aromatic carbocycles. The van der Waals surface area contributed by atoms with Gasteiger partial charge >= 0.3 is 11.9 Å². The molecule has 0 bridgehead atoms. The highest BCUT2D eigenvalue weighted by Gasteiger charge is 2.44. The predicted octanol–water partition coefficient (Wildman–Crippen LogP) is 8.55. The van der Waals surface area contributed by atoms with Crippen LogP contribution in [0.5, 0.6) is 0 Å². The number of carbonyl (C=O) groups is 2. The number of allylic oxidation sites excluding steroid dienone is 4. The van der Waals surface area contributed by atoms with Gasteiger partial charge in [0.1, 0.15) is 31.0 Å². The van der Waals surface area contributed by atoms with Crippen molar-refractivity contribution in [3.63, 3.8) is 0 Å². The molecule has 1 rings (SSSR count). The fourth-order valence-electron chi connectivity index (χ4n) is 6.35. The van der Waals surface area contributed by atoms with Gasteiger partial charge in [-0.25, -0.2) is 0 Å². The molecule has 0 aliphatic carbocycles. The van der Waals surface area contributed by atoms with Crippen LogP contribution in [0.4, 0.5) is 0 Å². The van der Waals surface area contributed by atoms with E-state index in [1.165, 1.54) is 83.5 Å². The number of aliphatic hydroxyl groups excluding tert-OH is 4. The maximum Gasteiger partial charge on any atom is 0.306 e. The summed E-state index contributed by atoms with van der Waals surface area (Å²) in [6.45, 7) is 3.38. The van der Waals surface area contributed by atoms with Crippen molar-refractivity contribution in [1.82, 2.24) is 0 Å². The van der Waals surface area contributed by atoms with E-state index >= 15 is 0 Å². The van der Waals surface area contributed by atoms with E-state index in [2.05, 4.69) is 38.2 Å². The third-order valence-corrected chi connectivity index (χ3v) is 9.81. The Balaban J connectivity index is 2.37. The van der Waals surface area contributed by atoms with Gasteiger partial charge in [-0.2, -0.15) is 0 Å². The van der Waals surface area contributed by atoms with Gasteiger partial charge < -0.3 is 39.4 Å². The summed E-state index contributed by atoms with van der Waals surface area (Å²) in [5.41, 5.74) is 0. The van der Waals surface area contributed by atoms with Crippen LogP contribution >= 0.6 is 0 Å². The van der Waals surface area contributed by atoms with E-state index in [0.717, 1.165) is 57.8 Å². The Kier molecular flexibility index (Phi) is 32.2. The molecule has 0 unspecified atom stereocenters. The molecule has 0 radical (unpaired) electrons. The van der Waals surface area contributed by atoms with Crippen LogP contribution in [-0.2, 0) is 28.5 Å². The molecule has 10 nitrogen and oxygen atoms in total. The van der Waals surface area contributed by atoms with Crippen LogP contribution in [0.1, 0.15) is 181 Å². The van der Waals surface area contributed by atoms with Crippen molar-refractivity contribution in [2.75, 3.05) is 19.8 Å². The largest absolute Gasteiger partial charge is 0.462 e. The molecule has 4 N–H and O–H groups in total. The Morgan fingerprint density at radius 2 is 1.00 bits per heavy atom. The summed E-state index contributed by atoms with van der Waals surface area (Å²) in [7, 11) is 0. The van der Waals surface area contributed by atoms with Gasteiger partial charge in [0, 0.05) is 12.8 Å². The van der Waals surface area contributed by atoms with Crippen LogP contribution in [0, 0.1) is 0 Å². The fourth-order valence-corrected chi connectivity index (χ4v) is 6.35. The number of ether oxygens (including phenoxy) is 4. The SMILES string of the molecule is CCCCCCCC/C=C\CCCCCCCC(=O)OC[C@H](CO[C@@H]1O[C@H](CO)[C@H](O)[C@H](O)[C@H]1O)OC(=O)CCCCC/C=C\CCCCCCCC. The molecule has 0 amide bonds. The van der Waals surface area contributed by atoms with Crippen LogP contribution in [0.25, 0.3) is 0 Å². The summed E-state index contributed by atoms with van der Waals surface area (Å²) >= 11 is 0. The molecule has 310 valence electrons. The average molecular weight is 755 g/mol. The van der Waals surface area contributed by atoms with Crippen molar-refractivity contribution >= 4 is 11.9 Å². The van der Waals surface area contributed by atoms with E-state index in [1.807, 2.05) is 0 Å².